The Morgan fingerprint density at radius 2 is 2.29 bits per heavy atom. The van der Waals surface area contributed by atoms with E-state index in [1.165, 1.54) is 17.4 Å². The van der Waals surface area contributed by atoms with Crippen LogP contribution in [0.4, 0.5) is 5.00 Å². The van der Waals surface area contributed by atoms with Crippen molar-refractivity contribution in [3.63, 3.8) is 0 Å². The lowest BCUT2D eigenvalue weighted by Crippen LogP contribution is -2.11. The number of rotatable bonds is 5. The fraction of sp³-hybridized carbons (Fsp3) is 0.300. The lowest BCUT2D eigenvalue weighted by atomic mass is 10.4. The lowest BCUT2D eigenvalue weighted by molar-refractivity contribution is -0.380. The summed E-state index contributed by atoms with van der Waals surface area (Å²) >= 11 is 2.82. The molecule has 0 amide bonds. The molecule has 0 aliphatic carbocycles. The summed E-state index contributed by atoms with van der Waals surface area (Å²) in [6.45, 7) is 3.30. The zero-order chi connectivity index (χ0) is 12.3. The first-order chi connectivity index (χ1) is 8.15. The molecule has 0 aliphatic rings. The van der Waals surface area contributed by atoms with Crippen LogP contribution in [0.5, 0.6) is 0 Å². The van der Waals surface area contributed by atoms with Crippen molar-refractivity contribution in [1.82, 2.24) is 10.3 Å². The highest BCUT2D eigenvalue weighted by molar-refractivity contribution is 7.15. The minimum absolute atomic E-state index is 0.187. The Morgan fingerprint density at radius 3 is 2.88 bits per heavy atom. The van der Waals surface area contributed by atoms with Crippen LogP contribution in [-0.4, -0.2) is 9.91 Å². The highest BCUT2D eigenvalue weighted by Crippen LogP contribution is 2.23. The predicted octanol–water partition coefficient (Wildman–Crippen LogP) is 2.71. The summed E-state index contributed by atoms with van der Waals surface area (Å²) in [6.07, 6.45) is 0. The quantitative estimate of drug-likeness (QED) is 0.669. The zero-order valence-electron chi connectivity index (χ0n) is 9.17. The van der Waals surface area contributed by atoms with Crippen LogP contribution < -0.4 is 5.32 Å². The van der Waals surface area contributed by atoms with E-state index in [1.54, 1.807) is 17.4 Å². The second kappa shape index (κ2) is 5.35. The van der Waals surface area contributed by atoms with Crippen LogP contribution in [0, 0.1) is 17.0 Å². The van der Waals surface area contributed by atoms with Gasteiger partial charge >= 0.3 is 5.00 Å². The third-order valence-corrected chi connectivity index (χ3v) is 4.07. The van der Waals surface area contributed by atoms with E-state index in [2.05, 4.69) is 10.3 Å². The SMILES string of the molecule is Cc1csc(CNCc2ccc([N+](=O)[O-])s2)n1. The number of aromatic nitrogens is 1. The third-order valence-electron chi connectivity index (χ3n) is 2.07. The van der Waals surface area contributed by atoms with Gasteiger partial charge in [-0.15, -0.1) is 11.3 Å². The maximum atomic E-state index is 10.5. The van der Waals surface area contributed by atoms with Crippen molar-refractivity contribution < 1.29 is 4.92 Å². The summed E-state index contributed by atoms with van der Waals surface area (Å²) in [6, 6.07) is 3.32. The molecule has 90 valence electrons. The summed E-state index contributed by atoms with van der Waals surface area (Å²) < 4.78 is 0. The van der Waals surface area contributed by atoms with E-state index < -0.39 is 0 Å². The Hall–Kier alpha value is -1.31. The molecule has 0 unspecified atom stereocenters. The van der Waals surface area contributed by atoms with Gasteiger partial charge in [-0.25, -0.2) is 4.98 Å². The van der Waals surface area contributed by atoms with E-state index in [9.17, 15) is 10.1 Å². The molecule has 7 heteroatoms. The highest BCUT2D eigenvalue weighted by atomic mass is 32.1. The molecule has 5 nitrogen and oxygen atoms in total. The number of aryl methyl sites for hydroxylation is 1. The summed E-state index contributed by atoms with van der Waals surface area (Å²) in [5.74, 6) is 0. The van der Waals surface area contributed by atoms with E-state index in [4.69, 9.17) is 0 Å². The number of hydrogen-bond donors (Lipinski definition) is 1. The summed E-state index contributed by atoms with van der Waals surface area (Å²) in [5.41, 5.74) is 1.03. The van der Waals surface area contributed by atoms with Crippen molar-refractivity contribution in [2.24, 2.45) is 0 Å². The molecule has 2 heterocycles. The molecule has 17 heavy (non-hydrogen) atoms. The fourth-order valence-corrected chi connectivity index (χ4v) is 2.87. The molecule has 0 bridgehead atoms. The standard InChI is InChI=1S/C10H11N3O2S2/c1-7-6-16-9(12-7)5-11-4-8-2-3-10(17-8)13(14)15/h2-3,6,11H,4-5H2,1H3. The molecule has 0 radical (unpaired) electrons. The van der Waals surface area contributed by atoms with Crippen molar-refractivity contribution in [2.45, 2.75) is 20.0 Å². The van der Waals surface area contributed by atoms with E-state index >= 15 is 0 Å². The maximum Gasteiger partial charge on any atom is 0.324 e. The predicted molar refractivity (Wildman–Crippen MR) is 68.4 cm³/mol. The van der Waals surface area contributed by atoms with Gasteiger partial charge in [0.05, 0.1) is 4.92 Å². The summed E-state index contributed by atoms with van der Waals surface area (Å²) in [4.78, 5) is 15.4. The van der Waals surface area contributed by atoms with Crippen LogP contribution in [0.15, 0.2) is 17.5 Å². The van der Waals surface area contributed by atoms with Gasteiger partial charge < -0.3 is 5.32 Å². The molecular weight excluding hydrogens is 258 g/mol. The van der Waals surface area contributed by atoms with Crippen LogP contribution in [-0.2, 0) is 13.1 Å². The Labute approximate surface area is 106 Å². The molecule has 0 saturated heterocycles. The van der Waals surface area contributed by atoms with Crippen LogP contribution >= 0.6 is 22.7 Å². The van der Waals surface area contributed by atoms with Gasteiger partial charge in [0, 0.05) is 35.1 Å². The molecule has 2 rings (SSSR count). The van der Waals surface area contributed by atoms with Crippen molar-refractivity contribution in [2.75, 3.05) is 0 Å². The average molecular weight is 269 g/mol. The van der Waals surface area contributed by atoms with Gasteiger partial charge in [-0.3, -0.25) is 10.1 Å². The number of thiophene rings is 1. The van der Waals surface area contributed by atoms with Gasteiger partial charge in [0.1, 0.15) is 5.01 Å². The van der Waals surface area contributed by atoms with E-state index in [0.717, 1.165) is 15.6 Å². The number of nitro groups is 1. The molecule has 0 spiro atoms. The Kier molecular flexibility index (Phi) is 3.82. The van der Waals surface area contributed by atoms with Gasteiger partial charge in [-0.05, 0) is 13.0 Å². The normalized spacial score (nSPS) is 10.6. The topological polar surface area (TPSA) is 68.1 Å². The zero-order valence-corrected chi connectivity index (χ0v) is 10.8. The third kappa shape index (κ3) is 3.32. The first kappa shape index (κ1) is 12.2. The minimum atomic E-state index is -0.363. The summed E-state index contributed by atoms with van der Waals surface area (Å²) in [5, 5.41) is 16.9. The average Bonchev–Trinajstić information content (AvgIpc) is 2.88. The molecule has 1 N–H and O–H groups in total. The number of hydrogen-bond acceptors (Lipinski definition) is 6. The molecular formula is C10H11N3O2S2. The van der Waals surface area contributed by atoms with Crippen LogP contribution in [0.2, 0.25) is 0 Å². The van der Waals surface area contributed by atoms with E-state index in [-0.39, 0.29) is 9.92 Å². The second-order valence-corrected chi connectivity index (χ2v) is 5.57. The van der Waals surface area contributed by atoms with Crippen molar-refractivity contribution in [1.29, 1.82) is 0 Å². The number of nitrogens with one attached hydrogen (secondary N) is 1. The monoisotopic (exact) mass is 269 g/mol. The molecule has 0 atom stereocenters. The maximum absolute atomic E-state index is 10.5. The summed E-state index contributed by atoms with van der Waals surface area (Å²) in [7, 11) is 0. The van der Waals surface area contributed by atoms with Crippen molar-refractivity contribution in [3.8, 4) is 0 Å². The minimum Gasteiger partial charge on any atom is -0.306 e. The van der Waals surface area contributed by atoms with Crippen LogP contribution in [0.25, 0.3) is 0 Å². The first-order valence-corrected chi connectivity index (χ1v) is 6.69. The van der Waals surface area contributed by atoms with E-state index in [0.29, 0.717) is 13.1 Å². The van der Waals surface area contributed by atoms with Crippen molar-refractivity contribution in [3.05, 3.63) is 43.2 Å². The van der Waals surface area contributed by atoms with Gasteiger partial charge in [-0.1, -0.05) is 11.3 Å². The Balaban J connectivity index is 1.83. The molecule has 0 saturated carbocycles. The first-order valence-electron chi connectivity index (χ1n) is 5.00. The molecule has 0 aromatic carbocycles. The molecule has 2 aromatic heterocycles. The van der Waals surface area contributed by atoms with Crippen molar-refractivity contribution >= 4 is 27.7 Å². The smallest absolute Gasteiger partial charge is 0.306 e. The second-order valence-electron chi connectivity index (χ2n) is 3.48. The van der Waals surface area contributed by atoms with Gasteiger partial charge in [-0.2, -0.15) is 0 Å². The Bertz CT molecular complexity index is 521. The van der Waals surface area contributed by atoms with Gasteiger partial charge in [0.15, 0.2) is 0 Å². The lowest BCUT2D eigenvalue weighted by Gasteiger charge is -1.98. The molecule has 2 aromatic rings. The van der Waals surface area contributed by atoms with Crippen LogP contribution in [0.3, 0.4) is 0 Å². The van der Waals surface area contributed by atoms with Gasteiger partial charge in [0.25, 0.3) is 0 Å². The largest absolute Gasteiger partial charge is 0.324 e. The van der Waals surface area contributed by atoms with Gasteiger partial charge in [0.2, 0.25) is 0 Å². The molecule has 0 aliphatic heterocycles. The highest BCUT2D eigenvalue weighted by Gasteiger charge is 2.09. The van der Waals surface area contributed by atoms with Crippen LogP contribution in [0.1, 0.15) is 15.6 Å². The van der Waals surface area contributed by atoms with E-state index in [1.807, 2.05) is 12.3 Å². The number of thiazole rings is 1. The Morgan fingerprint density at radius 1 is 1.47 bits per heavy atom. The molecule has 0 fully saturated rings. The fourth-order valence-electron chi connectivity index (χ4n) is 1.34. The number of nitrogens with zero attached hydrogens (tertiary/aromatic N) is 2.